The van der Waals surface area contributed by atoms with E-state index in [4.69, 9.17) is 9.15 Å². The van der Waals surface area contributed by atoms with E-state index in [1.54, 1.807) is 18.0 Å². The fourth-order valence-electron chi connectivity index (χ4n) is 2.31. The van der Waals surface area contributed by atoms with Gasteiger partial charge in [0, 0.05) is 23.8 Å². The van der Waals surface area contributed by atoms with Crippen molar-refractivity contribution in [1.82, 2.24) is 0 Å². The van der Waals surface area contributed by atoms with Crippen molar-refractivity contribution in [2.45, 2.75) is 18.1 Å². The minimum absolute atomic E-state index is 0.154. The van der Waals surface area contributed by atoms with Crippen molar-refractivity contribution in [1.29, 1.82) is 0 Å². The molecule has 4 heteroatoms. The summed E-state index contributed by atoms with van der Waals surface area (Å²) in [4.78, 5) is 12.3. The Hall–Kier alpha value is -1.26. The number of ketones is 1. The van der Waals surface area contributed by atoms with Gasteiger partial charge in [0.2, 0.25) is 0 Å². The third-order valence-corrected chi connectivity index (χ3v) is 4.77. The van der Waals surface area contributed by atoms with Gasteiger partial charge in [0.15, 0.2) is 5.78 Å². The molecule has 0 atom stereocenters. The lowest BCUT2D eigenvalue weighted by atomic mass is 10.1. The summed E-state index contributed by atoms with van der Waals surface area (Å²) < 4.78 is 10.7. The molecule has 100 valence electrons. The van der Waals surface area contributed by atoms with Gasteiger partial charge >= 0.3 is 0 Å². The number of Topliss-reactive ketones (excluding diaryl/α,β-unsaturated/α-hetero) is 1. The number of carbonyl (C=O) groups is 1. The molecule has 2 heterocycles. The molecule has 0 unspecified atom stereocenters. The second kappa shape index (κ2) is 5.80. The molecule has 19 heavy (non-hydrogen) atoms. The summed E-state index contributed by atoms with van der Waals surface area (Å²) in [7, 11) is 0. The monoisotopic (exact) mass is 276 g/mol. The molecule has 0 radical (unpaired) electrons. The van der Waals surface area contributed by atoms with Gasteiger partial charge in [-0.15, -0.1) is 0 Å². The van der Waals surface area contributed by atoms with Crippen molar-refractivity contribution < 1.29 is 13.9 Å². The van der Waals surface area contributed by atoms with Crippen molar-refractivity contribution in [3.8, 4) is 0 Å². The highest BCUT2D eigenvalue weighted by atomic mass is 32.2. The molecule has 0 spiro atoms. The number of carbonyl (C=O) groups excluding carboxylic acids is 1. The Morgan fingerprint density at radius 1 is 1.26 bits per heavy atom. The molecule has 1 aromatic heterocycles. The van der Waals surface area contributed by atoms with Gasteiger partial charge < -0.3 is 9.15 Å². The number of benzene rings is 1. The van der Waals surface area contributed by atoms with Crippen molar-refractivity contribution >= 4 is 28.5 Å². The van der Waals surface area contributed by atoms with Crippen LogP contribution in [0.3, 0.4) is 0 Å². The lowest BCUT2D eigenvalue weighted by Gasteiger charge is -2.20. The molecular weight excluding hydrogens is 260 g/mol. The van der Waals surface area contributed by atoms with Crippen LogP contribution in [0, 0.1) is 0 Å². The predicted molar refractivity (Wildman–Crippen MR) is 76.8 cm³/mol. The van der Waals surface area contributed by atoms with E-state index in [2.05, 4.69) is 0 Å². The summed E-state index contributed by atoms with van der Waals surface area (Å²) in [5.74, 6) is 0.676. The molecule has 1 saturated heterocycles. The van der Waals surface area contributed by atoms with E-state index in [1.807, 2.05) is 24.3 Å². The van der Waals surface area contributed by atoms with Gasteiger partial charge in [0.1, 0.15) is 11.8 Å². The summed E-state index contributed by atoms with van der Waals surface area (Å²) in [5, 5.41) is 1.47. The summed E-state index contributed by atoms with van der Waals surface area (Å²) in [5.41, 5.74) is 1.48. The van der Waals surface area contributed by atoms with Gasteiger partial charge in [-0.1, -0.05) is 18.2 Å². The highest BCUT2D eigenvalue weighted by Crippen LogP contribution is 2.26. The average Bonchev–Trinajstić information content (AvgIpc) is 2.90. The first-order valence-corrected chi connectivity index (χ1v) is 7.58. The number of rotatable bonds is 4. The van der Waals surface area contributed by atoms with E-state index in [0.29, 0.717) is 16.6 Å². The maximum absolute atomic E-state index is 12.3. The second-order valence-corrected chi connectivity index (χ2v) is 5.98. The summed E-state index contributed by atoms with van der Waals surface area (Å²) in [6.45, 7) is 1.64. The van der Waals surface area contributed by atoms with Crippen molar-refractivity contribution in [2.75, 3.05) is 19.0 Å². The molecule has 0 amide bonds. The zero-order chi connectivity index (χ0) is 13.1. The third-order valence-electron chi connectivity index (χ3n) is 3.40. The minimum Gasteiger partial charge on any atom is -0.464 e. The van der Waals surface area contributed by atoms with E-state index < -0.39 is 0 Å². The lowest BCUT2D eigenvalue weighted by molar-refractivity contribution is 0.0988. The first-order valence-electron chi connectivity index (χ1n) is 6.53. The molecule has 1 aliphatic rings. The van der Waals surface area contributed by atoms with Crippen LogP contribution in [-0.2, 0) is 4.74 Å². The van der Waals surface area contributed by atoms with Crippen LogP contribution >= 0.6 is 11.8 Å². The van der Waals surface area contributed by atoms with Crippen LogP contribution in [0.2, 0.25) is 0 Å². The summed E-state index contributed by atoms with van der Waals surface area (Å²) >= 11 is 1.74. The fraction of sp³-hybridized carbons (Fsp3) is 0.400. The van der Waals surface area contributed by atoms with Crippen LogP contribution in [0.15, 0.2) is 34.9 Å². The Morgan fingerprint density at radius 3 is 2.89 bits per heavy atom. The largest absolute Gasteiger partial charge is 0.464 e. The van der Waals surface area contributed by atoms with Crippen molar-refractivity contribution in [3.05, 3.63) is 36.1 Å². The molecule has 0 saturated carbocycles. The van der Waals surface area contributed by atoms with Crippen LogP contribution < -0.4 is 0 Å². The highest BCUT2D eigenvalue weighted by molar-refractivity contribution is 8.00. The van der Waals surface area contributed by atoms with Crippen LogP contribution in [0.5, 0.6) is 0 Å². The zero-order valence-corrected chi connectivity index (χ0v) is 11.4. The van der Waals surface area contributed by atoms with E-state index in [0.717, 1.165) is 37.0 Å². The molecule has 3 nitrogen and oxygen atoms in total. The number of fused-ring (bicyclic) bond motifs is 1. The maximum Gasteiger partial charge on any atom is 0.176 e. The number of thioether (sulfide) groups is 1. The number of hydrogen-bond donors (Lipinski definition) is 0. The quantitative estimate of drug-likeness (QED) is 0.801. The Balaban J connectivity index is 1.66. The molecule has 1 aliphatic heterocycles. The number of para-hydroxylation sites is 1. The molecule has 1 aromatic carbocycles. The number of ether oxygens (including phenoxy) is 1. The van der Waals surface area contributed by atoms with Gasteiger partial charge in [0.25, 0.3) is 0 Å². The predicted octanol–water partition coefficient (Wildman–Crippen LogP) is 3.53. The molecule has 0 N–H and O–H groups in total. The Kier molecular flexibility index (Phi) is 3.89. The second-order valence-electron chi connectivity index (χ2n) is 4.69. The third kappa shape index (κ3) is 2.85. The fourth-order valence-corrected chi connectivity index (χ4v) is 3.38. The summed E-state index contributed by atoms with van der Waals surface area (Å²) in [6.07, 6.45) is 3.67. The van der Waals surface area contributed by atoms with Gasteiger partial charge in [-0.3, -0.25) is 4.79 Å². The standard InChI is InChI=1S/C15H16O3S/c16-14(10-19-11-5-7-17-8-6-11)13-9-18-15-4-2-1-3-12(13)15/h1-4,9,11H,5-8,10H2. The lowest BCUT2D eigenvalue weighted by Crippen LogP contribution is -2.19. The van der Waals surface area contributed by atoms with E-state index in [1.165, 1.54) is 0 Å². The molecular formula is C15H16O3S. The Bertz CT molecular complexity index is 570. The van der Waals surface area contributed by atoms with Crippen LogP contribution in [-0.4, -0.2) is 30.0 Å². The Morgan fingerprint density at radius 2 is 2.05 bits per heavy atom. The average molecular weight is 276 g/mol. The van der Waals surface area contributed by atoms with Gasteiger partial charge in [0.05, 0.1) is 11.3 Å². The van der Waals surface area contributed by atoms with E-state index >= 15 is 0 Å². The topological polar surface area (TPSA) is 39.4 Å². The maximum atomic E-state index is 12.3. The van der Waals surface area contributed by atoms with Crippen LogP contribution in [0.4, 0.5) is 0 Å². The number of hydrogen-bond acceptors (Lipinski definition) is 4. The first-order chi connectivity index (χ1) is 9.34. The highest BCUT2D eigenvalue weighted by Gasteiger charge is 2.18. The van der Waals surface area contributed by atoms with Gasteiger partial charge in [-0.2, -0.15) is 11.8 Å². The normalized spacial score (nSPS) is 16.8. The smallest absolute Gasteiger partial charge is 0.176 e. The van der Waals surface area contributed by atoms with Crippen molar-refractivity contribution in [2.24, 2.45) is 0 Å². The van der Waals surface area contributed by atoms with E-state index in [-0.39, 0.29) is 5.78 Å². The van der Waals surface area contributed by atoms with Crippen LogP contribution in [0.25, 0.3) is 11.0 Å². The van der Waals surface area contributed by atoms with E-state index in [9.17, 15) is 4.79 Å². The molecule has 3 rings (SSSR count). The van der Waals surface area contributed by atoms with Gasteiger partial charge in [-0.25, -0.2) is 0 Å². The zero-order valence-electron chi connectivity index (χ0n) is 10.6. The summed E-state index contributed by atoms with van der Waals surface area (Å²) in [6, 6.07) is 7.67. The van der Waals surface area contributed by atoms with Gasteiger partial charge in [-0.05, 0) is 18.9 Å². The van der Waals surface area contributed by atoms with Crippen molar-refractivity contribution in [3.63, 3.8) is 0 Å². The molecule has 1 fully saturated rings. The number of furan rings is 1. The first kappa shape index (κ1) is 12.8. The molecule has 0 aliphatic carbocycles. The van der Waals surface area contributed by atoms with Crippen LogP contribution in [0.1, 0.15) is 23.2 Å². The molecule has 2 aromatic rings. The molecule has 0 bridgehead atoms. The Labute approximate surface area is 116 Å². The SMILES string of the molecule is O=C(CSC1CCOCC1)c1coc2ccccc12. The minimum atomic E-state index is 0.154.